The Balaban J connectivity index is 1.40. The van der Waals surface area contributed by atoms with Crippen LogP contribution in [0.1, 0.15) is 37.3 Å². The second kappa shape index (κ2) is 11.7. The summed E-state index contributed by atoms with van der Waals surface area (Å²) in [6.45, 7) is 4.96. The molecule has 2 aliphatic heterocycles. The van der Waals surface area contributed by atoms with Crippen molar-refractivity contribution in [1.29, 1.82) is 0 Å². The predicted molar refractivity (Wildman–Crippen MR) is 147 cm³/mol. The number of hydrogen-bond acceptors (Lipinski definition) is 6. The van der Waals surface area contributed by atoms with Gasteiger partial charge in [0.2, 0.25) is 5.91 Å². The molecule has 0 radical (unpaired) electrons. The van der Waals surface area contributed by atoms with Gasteiger partial charge in [0.15, 0.2) is 11.5 Å². The van der Waals surface area contributed by atoms with Crippen molar-refractivity contribution in [3.05, 3.63) is 53.2 Å². The lowest BCUT2D eigenvalue weighted by Gasteiger charge is -2.32. The number of hydrogen-bond donors (Lipinski definition) is 2. The lowest BCUT2D eigenvalue weighted by molar-refractivity contribution is -0.134. The molecule has 198 valence electrons. The van der Waals surface area contributed by atoms with Crippen molar-refractivity contribution < 1.29 is 19.1 Å². The summed E-state index contributed by atoms with van der Waals surface area (Å²) in [6.07, 6.45) is 3.50. The summed E-state index contributed by atoms with van der Waals surface area (Å²) >= 11 is 0. The lowest BCUT2D eigenvalue weighted by atomic mass is 9.95. The summed E-state index contributed by atoms with van der Waals surface area (Å²) in [5.41, 5.74) is 5.21. The van der Waals surface area contributed by atoms with Crippen LogP contribution in [-0.2, 0) is 16.0 Å². The number of ether oxygens (including phenoxy) is 2. The fraction of sp³-hybridized carbons (Fsp3) is 0.448. The number of anilines is 2. The zero-order chi connectivity index (χ0) is 26.5. The second-order valence-electron chi connectivity index (χ2n) is 9.83. The van der Waals surface area contributed by atoms with E-state index in [-0.39, 0.29) is 17.7 Å². The van der Waals surface area contributed by atoms with E-state index in [9.17, 15) is 9.59 Å². The van der Waals surface area contributed by atoms with Crippen molar-refractivity contribution >= 4 is 28.8 Å². The molecule has 0 aromatic heterocycles. The number of likely N-dealkylation sites (tertiary alicyclic amines) is 1. The molecule has 0 atom stereocenters. The largest absolute Gasteiger partial charge is 0.493 e. The molecule has 8 nitrogen and oxygen atoms in total. The first-order valence-electron chi connectivity index (χ1n) is 12.9. The average molecular weight is 507 g/mol. The second-order valence-corrected chi connectivity index (χ2v) is 9.83. The number of nitrogens with one attached hydrogen (secondary N) is 2. The van der Waals surface area contributed by atoms with Crippen molar-refractivity contribution in [3.63, 3.8) is 0 Å². The molecule has 4 rings (SSSR count). The first-order valence-corrected chi connectivity index (χ1v) is 12.9. The van der Waals surface area contributed by atoms with Gasteiger partial charge in [-0.2, -0.15) is 0 Å². The first kappa shape index (κ1) is 26.5. The van der Waals surface area contributed by atoms with Gasteiger partial charge < -0.3 is 29.9 Å². The number of rotatable bonds is 9. The molecule has 2 aromatic rings. The minimum atomic E-state index is -0.137. The molecule has 0 bridgehead atoms. The topological polar surface area (TPSA) is 83.1 Å². The maximum atomic E-state index is 12.9. The van der Waals surface area contributed by atoms with Crippen LogP contribution in [0.3, 0.4) is 0 Å². The number of amides is 2. The molecular formula is C29H38N4O4. The van der Waals surface area contributed by atoms with Crippen LogP contribution in [0.25, 0.3) is 5.57 Å². The van der Waals surface area contributed by atoms with Gasteiger partial charge in [0.1, 0.15) is 0 Å². The van der Waals surface area contributed by atoms with Gasteiger partial charge in [0, 0.05) is 49.6 Å². The quantitative estimate of drug-likeness (QED) is 0.496. The fourth-order valence-electron chi connectivity index (χ4n) is 5.11. The normalized spacial score (nSPS) is 17.2. The molecular weight excluding hydrogens is 468 g/mol. The van der Waals surface area contributed by atoms with Crippen LogP contribution in [0.2, 0.25) is 0 Å². The fourth-order valence-corrected chi connectivity index (χ4v) is 5.11. The molecule has 0 saturated carbocycles. The highest BCUT2D eigenvalue weighted by Crippen LogP contribution is 2.42. The van der Waals surface area contributed by atoms with Crippen molar-refractivity contribution in [3.8, 4) is 11.5 Å². The summed E-state index contributed by atoms with van der Waals surface area (Å²) in [6, 6.07) is 12.1. The molecule has 0 spiro atoms. The SMILES string of the molecule is CC/C(Nc1ccc(CCN2CCC(C(=O)N(C)C)CC2)cc1)=C1/C(=O)Nc2cc(OC)c(OC)cc21. The molecule has 0 aliphatic carbocycles. The van der Waals surface area contributed by atoms with Crippen LogP contribution < -0.4 is 20.1 Å². The molecule has 1 fully saturated rings. The molecule has 0 unspecified atom stereocenters. The average Bonchev–Trinajstić information content (AvgIpc) is 3.24. The standard InChI is InChI=1S/C29H38N4O4/c1-6-23(27-22-17-25(36-4)26(37-5)18-24(22)31-28(27)34)30-21-9-7-19(8-10-21)11-14-33-15-12-20(13-16-33)29(35)32(2)3/h7-10,17-18,20,30H,6,11-16H2,1-5H3,(H,31,34)/b27-23-. The maximum Gasteiger partial charge on any atom is 0.258 e. The van der Waals surface area contributed by atoms with Crippen LogP contribution in [-0.4, -0.2) is 69.6 Å². The lowest BCUT2D eigenvalue weighted by Crippen LogP contribution is -2.40. The Hall–Kier alpha value is -3.52. The van der Waals surface area contributed by atoms with Crippen molar-refractivity contribution in [2.24, 2.45) is 5.92 Å². The van der Waals surface area contributed by atoms with Crippen LogP contribution in [0.4, 0.5) is 11.4 Å². The third-order valence-electron chi connectivity index (χ3n) is 7.27. The van der Waals surface area contributed by atoms with E-state index in [1.807, 2.05) is 27.1 Å². The molecule has 2 N–H and O–H groups in total. The number of carbonyl (C=O) groups is 2. The third-order valence-corrected chi connectivity index (χ3v) is 7.27. The molecule has 8 heteroatoms. The number of nitrogens with zero attached hydrogens (tertiary/aromatic N) is 2. The van der Waals surface area contributed by atoms with Crippen molar-refractivity contribution in [2.75, 3.05) is 58.6 Å². The third kappa shape index (κ3) is 5.91. The van der Waals surface area contributed by atoms with Crippen molar-refractivity contribution in [1.82, 2.24) is 9.80 Å². The minimum absolute atomic E-state index is 0.137. The molecule has 2 heterocycles. The molecule has 2 aromatic carbocycles. The predicted octanol–water partition coefficient (Wildman–Crippen LogP) is 4.23. The van der Waals surface area contributed by atoms with Gasteiger partial charge in [-0.05, 0) is 62.5 Å². The van der Waals surface area contributed by atoms with Crippen LogP contribution in [0.5, 0.6) is 11.5 Å². The van der Waals surface area contributed by atoms with E-state index in [0.29, 0.717) is 23.5 Å². The number of carbonyl (C=O) groups excluding carboxylic acids is 2. The van der Waals surface area contributed by atoms with Crippen LogP contribution in [0.15, 0.2) is 42.1 Å². The maximum absolute atomic E-state index is 12.9. The van der Waals surface area contributed by atoms with Crippen LogP contribution >= 0.6 is 0 Å². The van der Waals surface area contributed by atoms with Gasteiger partial charge in [-0.15, -0.1) is 0 Å². The van der Waals surface area contributed by atoms with Gasteiger partial charge in [0.05, 0.1) is 25.5 Å². The van der Waals surface area contributed by atoms with Gasteiger partial charge in [-0.1, -0.05) is 19.1 Å². The van der Waals surface area contributed by atoms with Crippen molar-refractivity contribution in [2.45, 2.75) is 32.6 Å². The number of benzene rings is 2. The summed E-state index contributed by atoms with van der Waals surface area (Å²) in [4.78, 5) is 29.2. The van der Waals surface area contributed by atoms with Gasteiger partial charge >= 0.3 is 0 Å². The highest BCUT2D eigenvalue weighted by molar-refractivity contribution is 6.32. The Labute approximate surface area is 219 Å². The van der Waals surface area contributed by atoms with Gasteiger partial charge in [-0.3, -0.25) is 9.59 Å². The Bertz CT molecular complexity index is 1170. The highest BCUT2D eigenvalue weighted by atomic mass is 16.5. The zero-order valence-corrected chi connectivity index (χ0v) is 22.5. The Morgan fingerprint density at radius 3 is 2.32 bits per heavy atom. The van der Waals surface area contributed by atoms with E-state index in [4.69, 9.17) is 9.47 Å². The molecule has 37 heavy (non-hydrogen) atoms. The van der Waals surface area contributed by atoms with E-state index >= 15 is 0 Å². The Morgan fingerprint density at radius 2 is 1.73 bits per heavy atom. The van der Waals surface area contributed by atoms with E-state index in [2.05, 4.69) is 39.8 Å². The Morgan fingerprint density at radius 1 is 1.08 bits per heavy atom. The first-order chi connectivity index (χ1) is 17.8. The number of allylic oxidation sites excluding steroid dienone is 1. The smallest absolute Gasteiger partial charge is 0.258 e. The molecule has 2 amide bonds. The summed E-state index contributed by atoms with van der Waals surface area (Å²) in [7, 11) is 6.84. The number of methoxy groups -OCH3 is 2. The summed E-state index contributed by atoms with van der Waals surface area (Å²) in [5.74, 6) is 1.44. The molecule has 1 saturated heterocycles. The van der Waals surface area contributed by atoms with Gasteiger partial charge in [0.25, 0.3) is 5.91 Å². The summed E-state index contributed by atoms with van der Waals surface area (Å²) in [5, 5.41) is 6.41. The highest BCUT2D eigenvalue weighted by Gasteiger charge is 2.29. The van der Waals surface area contributed by atoms with Gasteiger partial charge in [-0.25, -0.2) is 0 Å². The van der Waals surface area contributed by atoms with E-state index in [1.54, 1.807) is 25.2 Å². The number of fused-ring (bicyclic) bond motifs is 1. The van der Waals surface area contributed by atoms with E-state index in [1.165, 1.54) is 5.56 Å². The van der Waals surface area contributed by atoms with E-state index in [0.717, 1.165) is 61.5 Å². The van der Waals surface area contributed by atoms with Crippen LogP contribution in [0, 0.1) is 5.92 Å². The monoisotopic (exact) mass is 506 g/mol. The zero-order valence-electron chi connectivity index (χ0n) is 22.5. The van der Waals surface area contributed by atoms with E-state index < -0.39 is 0 Å². The summed E-state index contributed by atoms with van der Waals surface area (Å²) < 4.78 is 10.8. The molecule has 2 aliphatic rings. The number of piperidine rings is 1. The Kier molecular flexibility index (Phi) is 8.38. The minimum Gasteiger partial charge on any atom is -0.493 e.